The molecule has 36 heavy (non-hydrogen) atoms. The summed E-state index contributed by atoms with van der Waals surface area (Å²) < 4.78 is 38.0. The molecule has 2 aromatic carbocycles. The number of amides is 1. The minimum Gasteiger partial charge on any atom is -0.478 e. The molecule has 0 fully saturated rings. The Morgan fingerprint density at radius 1 is 1.03 bits per heavy atom. The monoisotopic (exact) mass is 524 g/mol. The number of aromatic nitrogens is 3. The van der Waals surface area contributed by atoms with Crippen molar-refractivity contribution >= 4 is 44.8 Å². The molecule has 4 aromatic rings. The number of rotatable bonds is 7. The van der Waals surface area contributed by atoms with Crippen LogP contribution in [0.3, 0.4) is 0 Å². The molecule has 2 heterocycles. The summed E-state index contributed by atoms with van der Waals surface area (Å²) >= 11 is 5.26. The summed E-state index contributed by atoms with van der Waals surface area (Å²) in [7, 11) is -2.60. The molecule has 2 aromatic heterocycles. The second-order valence-electron chi connectivity index (χ2n) is 7.28. The largest absolute Gasteiger partial charge is 0.478 e. The van der Waals surface area contributed by atoms with Gasteiger partial charge in [0.05, 0.1) is 12.0 Å². The maximum Gasteiger partial charge on any atom is 0.263 e. The average molecular weight is 525 g/mol. The van der Waals surface area contributed by atoms with Gasteiger partial charge >= 0.3 is 0 Å². The molecule has 0 aliphatic heterocycles. The number of thiocarbonyl (C=S) groups is 1. The lowest BCUT2D eigenvalue weighted by atomic mass is 10.1. The van der Waals surface area contributed by atoms with Crippen molar-refractivity contribution in [2.45, 2.75) is 11.8 Å². The zero-order chi connectivity index (χ0) is 25.7. The van der Waals surface area contributed by atoms with Crippen molar-refractivity contribution < 1.29 is 22.5 Å². The van der Waals surface area contributed by atoms with Crippen LogP contribution in [0.4, 0.5) is 11.5 Å². The quantitative estimate of drug-likeness (QED) is 0.307. The van der Waals surface area contributed by atoms with E-state index in [2.05, 4.69) is 30.5 Å². The van der Waals surface area contributed by atoms with Gasteiger partial charge in [-0.3, -0.25) is 14.8 Å². The number of hydrogen-bond donors (Lipinski definition) is 3. The van der Waals surface area contributed by atoms with Gasteiger partial charge in [0.25, 0.3) is 21.8 Å². The molecular formula is C23H20N6O5S2. The third kappa shape index (κ3) is 5.47. The van der Waals surface area contributed by atoms with E-state index in [0.717, 1.165) is 5.56 Å². The third-order valence-electron chi connectivity index (χ3n) is 4.88. The molecule has 11 nitrogen and oxygen atoms in total. The van der Waals surface area contributed by atoms with Gasteiger partial charge in [0, 0.05) is 23.6 Å². The summed E-state index contributed by atoms with van der Waals surface area (Å²) in [4.78, 5) is 20.7. The van der Waals surface area contributed by atoms with Crippen molar-refractivity contribution in [1.82, 2.24) is 20.4 Å². The van der Waals surface area contributed by atoms with Crippen LogP contribution in [0.5, 0.6) is 5.88 Å². The van der Waals surface area contributed by atoms with Gasteiger partial charge in [-0.2, -0.15) is 0 Å². The number of aryl methyl sites for hydroxylation is 1. The highest BCUT2D eigenvalue weighted by atomic mass is 32.2. The Hall–Kier alpha value is -4.36. The molecule has 184 valence electrons. The first-order valence-electron chi connectivity index (χ1n) is 10.4. The van der Waals surface area contributed by atoms with E-state index in [1.165, 1.54) is 43.8 Å². The Morgan fingerprint density at radius 2 is 1.72 bits per heavy atom. The molecule has 0 unspecified atom stereocenters. The highest BCUT2D eigenvalue weighted by Crippen LogP contribution is 2.25. The Balaban J connectivity index is 1.43. The van der Waals surface area contributed by atoms with Crippen molar-refractivity contribution in [3.8, 4) is 17.1 Å². The lowest BCUT2D eigenvalue weighted by Crippen LogP contribution is -2.34. The van der Waals surface area contributed by atoms with Gasteiger partial charge in [0.2, 0.25) is 5.82 Å². The Bertz CT molecular complexity index is 1510. The number of anilines is 2. The van der Waals surface area contributed by atoms with Gasteiger partial charge in [0.1, 0.15) is 17.0 Å². The van der Waals surface area contributed by atoms with Crippen LogP contribution in [0, 0.1) is 6.92 Å². The molecule has 0 aliphatic rings. The summed E-state index contributed by atoms with van der Waals surface area (Å²) in [5.41, 5.74) is 1.84. The first-order chi connectivity index (χ1) is 17.3. The molecule has 0 aliphatic carbocycles. The summed E-state index contributed by atoms with van der Waals surface area (Å²) in [6.45, 7) is 1.63. The lowest BCUT2D eigenvalue weighted by Gasteiger charge is -2.12. The number of hydrogen-bond acceptors (Lipinski definition) is 9. The maximum absolute atomic E-state index is 12.9. The number of methoxy groups -OCH3 is 1. The van der Waals surface area contributed by atoms with Gasteiger partial charge in [-0.05, 0) is 43.4 Å². The molecule has 0 saturated carbocycles. The van der Waals surface area contributed by atoms with Gasteiger partial charge < -0.3 is 14.6 Å². The number of benzene rings is 2. The Morgan fingerprint density at radius 3 is 2.42 bits per heavy atom. The average Bonchev–Trinajstić information content (AvgIpc) is 3.26. The first-order valence-corrected chi connectivity index (χ1v) is 12.3. The number of ether oxygens (including phenoxy) is 1. The molecule has 1 amide bonds. The van der Waals surface area contributed by atoms with Gasteiger partial charge in [-0.25, -0.2) is 18.4 Å². The second kappa shape index (κ2) is 10.5. The van der Waals surface area contributed by atoms with Crippen LogP contribution in [0.2, 0.25) is 0 Å². The molecular weight excluding hydrogens is 504 g/mol. The van der Waals surface area contributed by atoms with E-state index in [-0.39, 0.29) is 27.3 Å². The van der Waals surface area contributed by atoms with Crippen molar-refractivity contribution in [2.24, 2.45) is 0 Å². The molecule has 0 saturated heterocycles. The van der Waals surface area contributed by atoms with Crippen LogP contribution in [0.15, 0.2) is 76.4 Å². The summed E-state index contributed by atoms with van der Waals surface area (Å²) in [6.07, 6.45) is 2.72. The van der Waals surface area contributed by atoms with Crippen molar-refractivity contribution in [3.05, 3.63) is 78.3 Å². The minimum atomic E-state index is -3.96. The van der Waals surface area contributed by atoms with Gasteiger partial charge in [0.15, 0.2) is 5.11 Å². The van der Waals surface area contributed by atoms with Crippen LogP contribution >= 0.6 is 12.2 Å². The molecule has 3 N–H and O–H groups in total. The standard InChI is InChI=1S/C23H20N6O5S2/c1-14-18(19(28-34-14)15-6-4-3-5-7-15)21(30)27-23(35)26-16-8-10-17(11-9-16)36(31,32)29-20-22(33-2)25-13-12-24-20/h3-13H,1-2H3,(H,24,29)(H2,26,27,30,35). The van der Waals surface area contributed by atoms with E-state index in [1.807, 2.05) is 30.3 Å². The predicted octanol–water partition coefficient (Wildman–Crippen LogP) is 3.38. The van der Waals surface area contributed by atoms with Crippen molar-refractivity contribution in [1.29, 1.82) is 0 Å². The van der Waals surface area contributed by atoms with Crippen LogP contribution in [0.25, 0.3) is 11.3 Å². The number of nitrogens with one attached hydrogen (secondary N) is 3. The highest BCUT2D eigenvalue weighted by molar-refractivity contribution is 7.92. The van der Waals surface area contributed by atoms with Crippen LogP contribution < -0.4 is 20.1 Å². The predicted molar refractivity (Wildman–Crippen MR) is 136 cm³/mol. The zero-order valence-electron chi connectivity index (χ0n) is 19.1. The zero-order valence-corrected chi connectivity index (χ0v) is 20.7. The third-order valence-corrected chi connectivity index (χ3v) is 6.43. The lowest BCUT2D eigenvalue weighted by molar-refractivity contribution is 0.0976. The Kier molecular flexibility index (Phi) is 7.22. The normalized spacial score (nSPS) is 10.9. The molecule has 13 heteroatoms. The van der Waals surface area contributed by atoms with E-state index in [9.17, 15) is 13.2 Å². The van der Waals surface area contributed by atoms with Crippen LogP contribution in [-0.2, 0) is 10.0 Å². The molecule has 0 bridgehead atoms. The van der Waals surface area contributed by atoms with Crippen molar-refractivity contribution in [3.63, 3.8) is 0 Å². The number of carbonyl (C=O) groups is 1. The van der Waals surface area contributed by atoms with Gasteiger partial charge in [-0.1, -0.05) is 35.5 Å². The maximum atomic E-state index is 12.9. The van der Waals surface area contributed by atoms with E-state index < -0.39 is 15.9 Å². The molecule has 0 atom stereocenters. The first kappa shape index (κ1) is 24.8. The molecule has 4 rings (SSSR count). The van der Waals surface area contributed by atoms with Crippen molar-refractivity contribution in [2.75, 3.05) is 17.1 Å². The highest BCUT2D eigenvalue weighted by Gasteiger charge is 2.22. The van der Waals surface area contributed by atoms with E-state index >= 15 is 0 Å². The van der Waals surface area contributed by atoms with E-state index in [4.69, 9.17) is 21.5 Å². The fourth-order valence-electron chi connectivity index (χ4n) is 3.21. The fraction of sp³-hybridized carbons (Fsp3) is 0.0870. The van der Waals surface area contributed by atoms with Gasteiger partial charge in [-0.15, -0.1) is 0 Å². The SMILES string of the molecule is COc1nccnc1NS(=O)(=O)c1ccc(NC(=S)NC(=O)c2c(-c3ccccc3)noc2C)cc1. The molecule has 0 spiro atoms. The summed E-state index contributed by atoms with van der Waals surface area (Å²) in [5, 5.41) is 9.45. The van der Waals surface area contributed by atoms with Crippen LogP contribution in [-0.4, -0.2) is 41.7 Å². The van der Waals surface area contributed by atoms with E-state index in [1.54, 1.807) is 6.92 Å². The van der Waals surface area contributed by atoms with E-state index in [0.29, 0.717) is 17.1 Å². The smallest absolute Gasteiger partial charge is 0.263 e. The molecule has 0 radical (unpaired) electrons. The topological polar surface area (TPSA) is 148 Å². The number of nitrogens with zero attached hydrogens (tertiary/aromatic N) is 3. The fourth-order valence-corrected chi connectivity index (χ4v) is 4.43. The summed E-state index contributed by atoms with van der Waals surface area (Å²) in [6, 6.07) is 14.9. The number of carbonyl (C=O) groups excluding carboxylic acids is 1. The van der Waals surface area contributed by atoms with Crippen LogP contribution in [0.1, 0.15) is 16.1 Å². The summed E-state index contributed by atoms with van der Waals surface area (Å²) in [5.74, 6) is -0.147. The second-order valence-corrected chi connectivity index (χ2v) is 9.37. The Labute approximate surface area is 212 Å². The minimum absolute atomic E-state index is 0.0117. The number of sulfonamides is 1.